The van der Waals surface area contributed by atoms with Gasteiger partial charge in [0.15, 0.2) is 0 Å². The summed E-state index contributed by atoms with van der Waals surface area (Å²) < 4.78 is 0. The SMILES string of the molecule is Cc1ccc(C(N)C(=O)NCc2ccccc2CN2CCCCC2C)cc1. The van der Waals surface area contributed by atoms with Gasteiger partial charge in [0.2, 0.25) is 5.91 Å². The molecule has 0 saturated carbocycles. The highest BCUT2D eigenvalue weighted by Gasteiger charge is 2.20. The Morgan fingerprint density at radius 2 is 1.85 bits per heavy atom. The molecule has 144 valence electrons. The number of amides is 1. The van der Waals surface area contributed by atoms with Crippen molar-refractivity contribution in [1.82, 2.24) is 10.2 Å². The number of hydrogen-bond acceptors (Lipinski definition) is 3. The fourth-order valence-corrected chi connectivity index (χ4v) is 3.71. The van der Waals surface area contributed by atoms with Gasteiger partial charge in [0.05, 0.1) is 0 Å². The molecule has 0 aliphatic carbocycles. The number of carbonyl (C=O) groups is 1. The number of carbonyl (C=O) groups excluding carboxylic acids is 1. The zero-order valence-corrected chi connectivity index (χ0v) is 16.4. The van der Waals surface area contributed by atoms with Crippen molar-refractivity contribution in [3.05, 3.63) is 70.8 Å². The Morgan fingerprint density at radius 3 is 2.56 bits per heavy atom. The molecule has 0 radical (unpaired) electrons. The van der Waals surface area contributed by atoms with Crippen molar-refractivity contribution >= 4 is 5.91 Å². The Bertz CT molecular complexity index is 756. The first-order chi connectivity index (χ1) is 13.0. The standard InChI is InChI=1S/C23H31N3O/c1-17-10-12-19(13-11-17)22(24)23(27)25-15-20-8-3-4-9-21(20)16-26-14-6-5-7-18(26)2/h3-4,8-13,18,22H,5-7,14-16,24H2,1-2H3,(H,25,27). The van der Waals surface area contributed by atoms with Crippen LogP contribution in [0.15, 0.2) is 48.5 Å². The number of aryl methyl sites for hydroxylation is 1. The summed E-state index contributed by atoms with van der Waals surface area (Å²) in [5.41, 5.74) is 10.6. The first-order valence-electron chi connectivity index (χ1n) is 9.95. The molecule has 1 aliphatic rings. The van der Waals surface area contributed by atoms with E-state index in [0.717, 1.165) is 24.2 Å². The van der Waals surface area contributed by atoms with Gasteiger partial charge >= 0.3 is 0 Å². The average molecular weight is 366 g/mol. The quantitative estimate of drug-likeness (QED) is 0.821. The van der Waals surface area contributed by atoms with Crippen LogP contribution in [0.3, 0.4) is 0 Å². The average Bonchev–Trinajstić information content (AvgIpc) is 2.69. The van der Waals surface area contributed by atoms with Crippen LogP contribution in [-0.4, -0.2) is 23.4 Å². The molecule has 1 aliphatic heterocycles. The second-order valence-corrected chi connectivity index (χ2v) is 7.69. The molecular formula is C23H31N3O. The maximum atomic E-state index is 12.5. The van der Waals surface area contributed by atoms with Gasteiger partial charge in [-0.15, -0.1) is 0 Å². The number of nitrogens with zero attached hydrogens (tertiary/aromatic N) is 1. The molecule has 2 unspecified atom stereocenters. The van der Waals surface area contributed by atoms with Crippen LogP contribution in [0, 0.1) is 6.92 Å². The van der Waals surface area contributed by atoms with Gasteiger partial charge in [-0.3, -0.25) is 9.69 Å². The van der Waals surface area contributed by atoms with Gasteiger partial charge in [0.25, 0.3) is 0 Å². The van der Waals surface area contributed by atoms with Gasteiger partial charge in [-0.25, -0.2) is 0 Å². The summed E-state index contributed by atoms with van der Waals surface area (Å²) >= 11 is 0. The summed E-state index contributed by atoms with van der Waals surface area (Å²) in [4.78, 5) is 15.1. The number of nitrogens with one attached hydrogen (secondary N) is 1. The van der Waals surface area contributed by atoms with Crippen LogP contribution in [-0.2, 0) is 17.9 Å². The molecule has 2 aromatic rings. The van der Waals surface area contributed by atoms with Crippen LogP contribution in [0.5, 0.6) is 0 Å². The highest BCUT2D eigenvalue weighted by atomic mass is 16.2. The summed E-state index contributed by atoms with van der Waals surface area (Å²) in [5.74, 6) is -0.139. The van der Waals surface area contributed by atoms with E-state index in [1.54, 1.807) is 0 Å². The minimum absolute atomic E-state index is 0.139. The minimum atomic E-state index is -0.639. The molecule has 2 aromatic carbocycles. The molecule has 2 atom stereocenters. The molecule has 1 amide bonds. The monoisotopic (exact) mass is 365 g/mol. The summed E-state index contributed by atoms with van der Waals surface area (Å²) in [6, 6.07) is 16.2. The highest BCUT2D eigenvalue weighted by molar-refractivity contribution is 5.82. The molecule has 1 saturated heterocycles. The first kappa shape index (κ1) is 19.6. The van der Waals surface area contributed by atoms with E-state index in [9.17, 15) is 4.79 Å². The van der Waals surface area contributed by atoms with Crippen molar-refractivity contribution in [3.63, 3.8) is 0 Å². The van der Waals surface area contributed by atoms with E-state index in [1.807, 2.05) is 37.3 Å². The Balaban J connectivity index is 1.62. The van der Waals surface area contributed by atoms with E-state index in [0.29, 0.717) is 12.6 Å². The fraction of sp³-hybridized carbons (Fsp3) is 0.435. The maximum Gasteiger partial charge on any atom is 0.241 e. The van der Waals surface area contributed by atoms with Crippen LogP contribution in [0.4, 0.5) is 0 Å². The van der Waals surface area contributed by atoms with Crippen molar-refractivity contribution in [1.29, 1.82) is 0 Å². The summed E-state index contributed by atoms with van der Waals surface area (Å²) in [6.45, 7) is 6.94. The van der Waals surface area contributed by atoms with Crippen molar-refractivity contribution in [2.75, 3.05) is 6.54 Å². The van der Waals surface area contributed by atoms with E-state index >= 15 is 0 Å². The van der Waals surface area contributed by atoms with Crippen LogP contribution < -0.4 is 11.1 Å². The molecule has 1 fully saturated rings. The maximum absolute atomic E-state index is 12.5. The molecule has 0 aromatic heterocycles. The minimum Gasteiger partial charge on any atom is -0.350 e. The highest BCUT2D eigenvalue weighted by Crippen LogP contribution is 2.21. The predicted octanol–water partition coefficient (Wildman–Crippen LogP) is 3.69. The summed E-state index contributed by atoms with van der Waals surface area (Å²) in [6.07, 6.45) is 3.87. The summed E-state index contributed by atoms with van der Waals surface area (Å²) in [5, 5.41) is 3.02. The predicted molar refractivity (Wildman–Crippen MR) is 110 cm³/mol. The molecule has 0 spiro atoms. The molecule has 4 heteroatoms. The first-order valence-corrected chi connectivity index (χ1v) is 9.95. The van der Waals surface area contributed by atoms with Crippen LogP contribution in [0.25, 0.3) is 0 Å². The fourth-order valence-electron chi connectivity index (χ4n) is 3.71. The zero-order valence-electron chi connectivity index (χ0n) is 16.4. The van der Waals surface area contributed by atoms with E-state index in [2.05, 4.69) is 35.3 Å². The van der Waals surface area contributed by atoms with Gasteiger partial charge in [0, 0.05) is 19.1 Å². The Hall–Kier alpha value is -2.17. The molecule has 4 nitrogen and oxygen atoms in total. The van der Waals surface area contributed by atoms with Gasteiger partial charge in [-0.05, 0) is 49.9 Å². The smallest absolute Gasteiger partial charge is 0.241 e. The lowest BCUT2D eigenvalue weighted by Gasteiger charge is -2.33. The molecule has 3 N–H and O–H groups in total. The van der Waals surface area contributed by atoms with Crippen molar-refractivity contribution in [2.45, 2.75) is 58.3 Å². The van der Waals surface area contributed by atoms with E-state index in [4.69, 9.17) is 5.73 Å². The number of nitrogens with two attached hydrogens (primary N) is 1. The van der Waals surface area contributed by atoms with Gasteiger partial charge in [-0.2, -0.15) is 0 Å². The Labute approximate surface area is 162 Å². The third-order valence-corrected chi connectivity index (χ3v) is 5.60. The molecule has 27 heavy (non-hydrogen) atoms. The van der Waals surface area contributed by atoms with Crippen LogP contribution in [0.1, 0.15) is 54.5 Å². The number of piperidine rings is 1. The number of benzene rings is 2. The summed E-state index contributed by atoms with van der Waals surface area (Å²) in [7, 11) is 0. The normalized spacial score (nSPS) is 18.9. The Kier molecular flexibility index (Phi) is 6.64. The van der Waals surface area contributed by atoms with Gasteiger partial charge in [0.1, 0.15) is 6.04 Å². The van der Waals surface area contributed by atoms with Crippen molar-refractivity contribution in [2.24, 2.45) is 5.73 Å². The topological polar surface area (TPSA) is 58.4 Å². The second kappa shape index (κ2) is 9.16. The largest absolute Gasteiger partial charge is 0.350 e. The van der Waals surface area contributed by atoms with E-state index in [1.165, 1.54) is 30.4 Å². The molecule has 1 heterocycles. The van der Waals surface area contributed by atoms with Crippen molar-refractivity contribution < 1.29 is 4.79 Å². The lowest BCUT2D eigenvalue weighted by atomic mass is 10.0. The van der Waals surface area contributed by atoms with E-state index in [-0.39, 0.29) is 5.91 Å². The lowest BCUT2D eigenvalue weighted by molar-refractivity contribution is -0.122. The number of likely N-dealkylation sites (tertiary alicyclic amines) is 1. The molecule has 3 rings (SSSR count). The lowest BCUT2D eigenvalue weighted by Crippen LogP contribution is -2.37. The van der Waals surface area contributed by atoms with Gasteiger partial charge < -0.3 is 11.1 Å². The second-order valence-electron chi connectivity index (χ2n) is 7.69. The van der Waals surface area contributed by atoms with E-state index < -0.39 is 6.04 Å². The molecular weight excluding hydrogens is 334 g/mol. The Morgan fingerprint density at radius 1 is 1.15 bits per heavy atom. The van der Waals surface area contributed by atoms with Gasteiger partial charge in [-0.1, -0.05) is 60.5 Å². The van der Waals surface area contributed by atoms with Crippen LogP contribution >= 0.6 is 0 Å². The molecule has 0 bridgehead atoms. The van der Waals surface area contributed by atoms with Crippen LogP contribution in [0.2, 0.25) is 0 Å². The third kappa shape index (κ3) is 5.18. The number of rotatable bonds is 6. The number of hydrogen-bond donors (Lipinski definition) is 2. The third-order valence-electron chi connectivity index (χ3n) is 5.60. The zero-order chi connectivity index (χ0) is 19.2. The van der Waals surface area contributed by atoms with Crippen molar-refractivity contribution in [3.8, 4) is 0 Å².